The molecule has 156 valence electrons. The number of allylic oxidation sites excluding steroid dienone is 1. The molecule has 30 heavy (non-hydrogen) atoms. The van der Waals surface area contributed by atoms with Crippen molar-refractivity contribution in [2.24, 2.45) is 12.5 Å². The van der Waals surface area contributed by atoms with E-state index < -0.39 is 5.41 Å². The Balaban J connectivity index is 1.56. The van der Waals surface area contributed by atoms with Crippen LogP contribution in [-0.4, -0.2) is 20.4 Å². The maximum absolute atomic E-state index is 13.1. The third-order valence-electron chi connectivity index (χ3n) is 6.18. The lowest BCUT2D eigenvalue weighted by Gasteiger charge is -2.16. The number of H-pyrrole nitrogens is 1. The van der Waals surface area contributed by atoms with E-state index in [9.17, 15) is 4.79 Å². The van der Waals surface area contributed by atoms with Crippen LogP contribution >= 0.6 is 0 Å². The van der Waals surface area contributed by atoms with Gasteiger partial charge in [-0.3, -0.25) is 4.79 Å². The average molecular weight is 403 g/mol. The van der Waals surface area contributed by atoms with Gasteiger partial charge in [-0.05, 0) is 50.1 Å². The van der Waals surface area contributed by atoms with E-state index in [1.165, 1.54) is 5.69 Å². The number of carbonyl (C=O) groups excluding carboxylic acids is 1. The van der Waals surface area contributed by atoms with Gasteiger partial charge in [-0.25, -0.2) is 4.98 Å². The van der Waals surface area contributed by atoms with Gasteiger partial charge in [0.2, 0.25) is 5.91 Å². The van der Waals surface area contributed by atoms with Crippen LogP contribution in [-0.2, 0) is 17.3 Å². The predicted octanol–water partition coefficient (Wildman–Crippen LogP) is 3.75. The van der Waals surface area contributed by atoms with Crippen LogP contribution in [0.1, 0.15) is 46.2 Å². The number of hydrogen-bond acceptors (Lipinski definition) is 2. The van der Waals surface area contributed by atoms with Crippen molar-refractivity contribution in [3.63, 3.8) is 0 Å². The van der Waals surface area contributed by atoms with E-state index in [0.717, 1.165) is 45.7 Å². The molecule has 0 aliphatic heterocycles. The fraction of sp³-hybridized carbons (Fsp3) is 0.360. The molecule has 3 aromatic rings. The Labute approximate surface area is 177 Å². The van der Waals surface area contributed by atoms with Crippen molar-refractivity contribution in [2.75, 3.05) is 5.32 Å². The lowest BCUT2D eigenvalue weighted by molar-refractivity contribution is -0.119. The molecule has 1 aliphatic rings. The zero-order chi connectivity index (χ0) is 21.7. The predicted molar refractivity (Wildman–Crippen MR) is 123 cm³/mol. The number of anilines is 1. The lowest BCUT2D eigenvalue weighted by atomic mass is 9.92. The fourth-order valence-corrected chi connectivity index (χ4v) is 3.86. The molecule has 0 radical (unpaired) electrons. The smallest absolute Gasteiger partial charge is 0.234 e. The summed E-state index contributed by atoms with van der Waals surface area (Å²) < 4.78 is 1.93. The highest BCUT2D eigenvalue weighted by molar-refractivity contribution is 6.01. The van der Waals surface area contributed by atoms with Gasteiger partial charge in [-0.2, -0.15) is 0 Å². The normalized spacial score (nSPS) is 16.8. The Morgan fingerprint density at radius 3 is 2.63 bits per heavy atom. The molecule has 2 heterocycles. The second-order valence-corrected chi connectivity index (χ2v) is 9.48. The number of aryl methyl sites for hydroxylation is 1. The van der Waals surface area contributed by atoms with Crippen molar-refractivity contribution in [3.05, 3.63) is 58.6 Å². The van der Waals surface area contributed by atoms with Crippen molar-refractivity contribution in [1.82, 2.24) is 14.5 Å². The fourth-order valence-electron chi connectivity index (χ4n) is 3.86. The van der Waals surface area contributed by atoms with E-state index >= 15 is 0 Å². The molecule has 4 rings (SSSR count). The second kappa shape index (κ2) is 7.01. The third kappa shape index (κ3) is 3.60. The zero-order valence-electron chi connectivity index (χ0n) is 18.5. The number of nitrogens with one attached hydrogen (secondary N) is 2. The Morgan fingerprint density at radius 2 is 2.03 bits per heavy atom. The highest BCUT2D eigenvalue weighted by Gasteiger charge is 2.51. The van der Waals surface area contributed by atoms with Gasteiger partial charge < -0.3 is 14.9 Å². The first-order valence-electron chi connectivity index (χ1n) is 10.4. The summed E-state index contributed by atoms with van der Waals surface area (Å²) in [5.74, 6) is 0.0652. The molecule has 1 amide bonds. The number of amides is 1. The summed E-state index contributed by atoms with van der Waals surface area (Å²) in [5.41, 5.74) is 3.82. The van der Waals surface area contributed by atoms with Gasteiger partial charge in [0.05, 0.1) is 22.4 Å². The molecule has 5 heteroatoms. The molecule has 1 saturated carbocycles. The minimum atomic E-state index is -0.417. The minimum absolute atomic E-state index is 0.0562. The van der Waals surface area contributed by atoms with Crippen LogP contribution in [0.3, 0.4) is 0 Å². The van der Waals surface area contributed by atoms with Crippen LogP contribution in [0.25, 0.3) is 23.6 Å². The summed E-state index contributed by atoms with van der Waals surface area (Å²) in [5, 5.41) is 5.96. The molecule has 0 bridgehead atoms. The summed E-state index contributed by atoms with van der Waals surface area (Å²) in [7, 11) is 1.94. The number of aromatic nitrogens is 3. The van der Waals surface area contributed by atoms with Crippen LogP contribution in [0.4, 0.5) is 5.69 Å². The molecule has 0 atom stereocenters. The van der Waals surface area contributed by atoms with Gasteiger partial charge in [0.1, 0.15) is 0 Å². The Hall–Kier alpha value is -3.08. The molecule has 0 unspecified atom stereocenters. The van der Waals surface area contributed by atoms with Crippen LogP contribution in [0.5, 0.6) is 0 Å². The Kier molecular flexibility index (Phi) is 4.72. The summed E-state index contributed by atoms with van der Waals surface area (Å²) in [6.45, 7) is 12.6. The molecule has 2 aromatic heterocycles. The van der Waals surface area contributed by atoms with Crippen molar-refractivity contribution >= 4 is 35.2 Å². The standard InChI is InChI=1S/C25H30N4O/c1-16(7-10-21-17(2)26-15-29(21)6)25(11-12-25)23(30)27-19-8-9-20-18(13-19)14-22(28-20)24(3,4)5/h7-10,13-15,28H,2,11-12H2,1,3-6H3,(H,27,30)/b16-7+,21-10+. The number of fused-ring (bicyclic) bond motifs is 1. The van der Waals surface area contributed by atoms with Gasteiger partial charge in [-0.1, -0.05) is 39.0 Å². The average Bonchev–Trinajstić information content (AvgIpc) is 3.28. The Morgan fingerprint density at radius 1 is 1.30 bits per heavy atom. The van der Waals surface area contributed by atoms with E-state index in [1.807, 2.05) is 48.9 Å². The summed E-state index contributed by atoms with van der Waals surface area (Å²) in [6.07, 6.45) is 7.52. The van der Waals surface area contributed by atoms with Gasteiger partial charge in [-0.15, -0.1) is 0 Å². The van der Waals surface area contributed by atoms with Crippen LogP contribution in [0.15, 0.2) is 42.2 Å². The number of nitrogens with zero attached hydrogens (tertiary/aromatic N) is 2. The maximum Gasteiger partial charge on any atom is 0.234 e. The quantitative estimate of drug-likeness (QED) is 0.698. The molecular formula is C25H30N4O. The van der Waals surface area contributed by atoms with E-state index in [4.69, 9.17) is 0 Å². The summed E-state index contributed by atoms with van der Waals surface area (Å²) in [6, 6.07) is 8.22. The number of imidazole rings is 1. The van der Waals surface area contributed by atoms with E-state index in [1.54, 1.807) is 6.33 Å². The molecule has 2 N–H and O–H groups in total. The van der Waals surface area contributed by atoms with E-state index in [-0.39, 0.29) is 11.3 Å². The number of rotatable bonds is 4. The van der Waals surface area contributed by atoms with Crippen molar-refractivity contribution in [1.29, 1.82) is 0 Å². The summed E-state index contributed by atoms with van der Waals surface area (Å²) >= 11 is 0. The molecular weight excluding hydrogens is 372 g/mol. The summed E-state index contributed by atoms with van der Waals surface area (Å²) in [4.78, 5) is 20.8. The number of aromatic amines is 1. The highest BCUT2D eigenvalue weighted by atomic mass is 16.2. The van der Waals surface area contributed by atoms with Crippen LogP contribution in [0, 0.1) is 5.41 Å². The second-order valence-electron chi connectivity index (χ2n) is 9.48. The van der Waals surface area contributed by atoms with Crippen molar-refractivity contribution in [2.45, 2.75) is 46.0 Å². The highest BCUT2D eigenvalue weighted by Crippen LogP contribution is 2.52. The van der Waals surface area contributed by atoms with Gasteiger partial charge in [0.15, 0.2) is 0 Å². The molecule has 1 aliphatic carbocycles. The zero-order valence-corrected chi connectivity index (χ0v) is 18.5. The monoisotopic (exact) mass is 402 g/mol. The largest absolute Gasteiger partial charge is 0.358 e. The lowest BCUT2D eigenvalue weighted by Crippen LogP contribution is -2.27. The first kappa shape index (κ1) is 20.2. The molecule has 5 nitrogen and oxygen atoms in total. The molecule has 1 aromatic carbocycles. The van der Waals surface area contributed by atoms with Crippen molar-refractivity contribution in [3.8, 4) is 0 Å². The van der Waals surface area contributed by atoms with Gasteiger partial charge >= 0.3 is 0 Å². The minimum Gasteiger partial charge on any atom is -0.358 e. The van der Waals surface area contributed by atoms with E-state index in [2.05, 4.69) is 48.7 Å². The molecule has 0 saturated heterocycles. The third-order valence-corrected chi connectivity index (χ3v) is 6.18. The van der Waals surface area contributed by atoms with Crippen LogP contribution < -0.4 is 16.0 Å². The maximum atomic E-state index is 13.1. The molecule has 1 fully saturated rings. The first-order chi connectivity index (χ1) is 14.1. The van der Waals surface area contributed by atoms with Gasteiger partial charge in [0, 0.05) is 34.7 Å². The van der Waals surface area contributed by atoms with Gasteiger partial charge in [0.25, 0.3) is 0 Å². The van der Waals surface area contributed by atoms with Crippen molar-refractivity contribution < 1.29 is 4.79 Å². The van der Waals surface area contributed by atoms with E-state index in [0.29, 0.717) is 0 Å². The van der Waals surface area contributed by atoms with Crippen LogP contribution in [0.2, 0.25) is 0 Å². The first-order valence-corrected chi connectivity index (χ1v) is 10.4. The number of carbonyl (C=O) groups is 1. The number of hydrogen-bond donors (Lipinski definition) is 2. The topological polar surface area (TPSA) is 62.7 Å². The SMILES string of the molecule is C=c1ncn(C)/c1=C/C=C(\C)C1(C(=O)Nc2ccc3[nH]c(C(C)(C)C)cc3c2)CC1. The molecule has 0 spiro atoms. The number of benzene rings is 1. The Bertz CT molecular complexity index is 1260.